The molecule has 0 unspecified atom stereocenters. The van der Waals surface area contributed by atoms with Crippen molar-refractivity contribution in [2.45, 2.75) is 26.3 Å². The molecule has 118 valence electrons. The summed E-state index contributed by atoms with van der Waals surface area (Å²) in [5.74, 6) is -1.49. The van der Waals surface area contributed by atoms with E-state index in [1.807, 2.05) is 0 Å². The summed E-state index contributed by atoms with van der Waals surface area (Å²) in [6.45, 7) is 1.97. The number of carboxylic acids is 1. The molecular weight excluding hydrogens is 303 g/mol. The smallest absolute Gasteiger partial charge is 0.476 e. The zero-order valence-electron chi connectivity index (χ0n) is 11.5. The van der Waals surface area contributed by atoms with Crippen LogP contribution in [0.3, 0.4) is 0 Å². The first kappa shape index (κ1) is 15.8. The van der Waals surface area contributed by atoms with Crippen LogP contribution < -0.4 is 4.74 Å². The number of carbonyl (C=O) groups is 1. The highest BCUT2D eigenvalue weighted by molar-refractivity contribution is 5.86. The summed E-state index contributed by atoms with van der Waals surface area (Å²) < 4.78 is 41.4. The Labute approximate surface area is 123 Å². The van der Waals surface area contributed by atoms with Crippen LogP contribution in [0.4, 0.5) is 13.2 Å². The molecule has 0 saturated carbocycles. The van der Waals surface area contributed by atoms with Gasteiger partial charge in [-0.1, -0.05) is 24.3 Å². The van der Waals surface area contributed by atoms with Gasteiger partial charge in [0.25, 0.3) is 0 Å². The van der Waals surface area contributed by atoms with Crippen LogP contribution in [0.2, 0.25) is 0 Å². The van der Waals surface area contributed by atoms with E-state index >= 15 is 0 Å². The lowest BCUT2D eigenvalue weighted by Gasteiger charge is -2.10. The monoisotopic (exact) mass is 315 g/mol. The van der Waals surface area contributed by atoms with E-state index in [1.165, 1.54) is 28.9 Å². The maximum Gasteiger partial charge on any atom is 0.573 e. The summed E-state index contributed by atoms with van der Waals surface area (Å²) in [6, 6.07) is 5.26. The van der Waals surface area contributed by atoms with Crippen LogP contribution in [0.15, 0.2) is 24.3 Å². The van der Waals surface area contributed by atoms with E-state index in [0.29, 0.717) is 17.7 Å². The lowest BCUT2D eigenvalue weighted by Crippen LogP contribution is -2.17. The SMILES string of the molecule is CCc1c(C(=O)O)nnn1Cc1ccc(OC(F)(F)F)cc1. The molecule has 0 saturated heterocycles. The molecule has 0 aliphatic carbocycles. The summed E-state index contributed by atoms with van der Waals surface area (Å²) in [7, 11) is 0. The molecule has 0 aliphatic rings. The third kappa shape index (κ3) is 3.74. The van der Waals surface area contributed by atoms with Crippen LogP contribution in [-0.4, -0.2) is 32.4 Å². The Morgan fingerprint density at radius 1 is 1.32 bits per heavy atom. The summed E-state index contributed by atoms with van der Waals surface area (Å²) in [5.41, 5.74) is 0.966. The second-order valence-electron chi connectivity index (χ2n) is 4.39. The van der Waals surface area contributed by atoms with Crippen molar-refractivity contribution in [1.29, 1.82) is 0 Å². The van der Waals surface area contributed by atoms with Gasteiger partial charge in [0, 0.05) is 0 Å². The van der Waals surface area contributed by atoms with E-state index < -0.39 is 12.3 Å². The fourth-order valence-corrected chi connectivity index (χ4v) is 1.95. The number of halogens is 3. The van der Waals surface area contributed by atoms with Gasteiger partial charge < -0.3 is 9.84 Å². The van der Waals surface area contributed by atoms with Gasteiger partial charge >= 0.3 is 12.3 Å². The third-order valence-corrected chi connectivity index (χ3v) is 2.86. The molecule has 2 rings (SSSR count). The van der Waals surface area contributed by atoms with Gasteiger partial charge in [0.2, 0.25) is 0 Å². The molecular formula is C13H12F3N3O3. The molecule has 1 aromatic carbocycles. The first-order valence-electron chi connectivity index (χ1n) is 6.30. The Hall–Kier alpha value is -2.58. The minimum Gasteiger partial charge on any atom is -0.476 e. The number of alkyl halides is 3. The number of rotatable bonds is 5. The molecule has 1 N–H and O–H groups in total. The maximum atomic E-state index is 12.1. The molecule has 0 bridgehead atoms. The van der Waals surface area contributed by atoms with E-state index in [2.05, 4.69) is 15.0 Å². The Kier molecular flexibility index (Phi) is 4.34. The van der Waals surface area contributed by atoms with Crippen molar-refractivity contribution < 1.29 is 27.8 Å². The number of hydrogen-bond acceptors (Lipinski definition) is 4. The minimum atomic E-state index is -4.74. The van der Waals surface area contributed by atoms with E-state index in [-0.39, 0.29) is 18.0 Å². The normalized spacial score (nSPS) is 11.5. The van der Waals surface area contributed by atoms with Crippen LogP contribution in [0.1, 0.15) is 28.7 Å². The fourth-order valence-electron chi connectivity index (χ4n) is 1.95. The third-order valence-electron chi connectivity index (χ3n) is 2.86. The Morgan fingerprint density at radius 3 is 2.45 bits per heavy atom. The van der Waals surface area contributed by atoms with Crippen LogP contribution in [0.25, 0.3) is 0 Å². The molecule has 6 nitrogen and oxygen atoms in total. The average Bonchev–Trinajstić information content (AvgIpc) is 2.82. The lowest BCUT2D eigenvalue weighted by atomic mass is 10.2. The lowest BCUT2D eigenvalue weighted by molar-refractivity contribution is -0.274. The first-order chi connectivity index (χ1) is 10.3. The van der Waals surface area contributed by atoms with Crippen molar-refractivity contribution in [2.75, 3.05) is 0 Å². The molecule has 0 radical (unpaired) electrons. The van der Waals surface area contributed by atoms with Gasteiger partial charge in [0.15, 0.2) is 5.69 Å². The van der Waals surface area contributed by atoms with E-state index in [0.717, 1.165) is 0 Å². The van der Waals surface area contributed by atoms with Crippen molar-refractivity contribution in [3.8, 4) is 5.75 Å². The van der Waals surface area contributed by atoms with Gasteiger partial charge in [0.05, 0.1) is 12.2 Å². The number of ether oxygens (including phenoxy) is 1. The number of aromatic nitrogens is 3. The molecule has 1 heterocycles. The van der Waals surface area contributed by atoms with Crippen molar-refractivity contribution >= 4 is 5.97 Å². The standard InChI is InChI=1S/C13H12F3N3O3/c1-2-10-11(12(20)21)17-18-19(10)7-8-3-5-9(6-4-8)22-13(14,15)16/h3-6H,2,7H2,1H3,(H,20,21). The Morgan fingerprint density at radius 2 is 1.95 bits per heavy atom. The van der Waals surface area contributed by atoms with Gasteiger partial charge in [0.1, 0.15) is 5.75 Å². The van der Waals surface area contributed by atoms with Crippen molar-refractivity contribution in [3.63, 3.8) is 0 Å². The predicted octanol–water partition coefficient (Wildman–Crippen LogP) is 2.49. The van der Waals surface area contributed by atoms with Gasteiger partial charge in [-0.15, -0.1) is 18.3 Å². The quantitative estimate of drug-likeness (QED) is 0.917. The molecule has 0 amide bonds. The van der Waals surface area contributed by atoms with Crippen LogP contribution >= 0.6 is 0 Å². The average molecular weight is 315 g/mol. The van der Waals surface area contributed by atoms with Crippen LogP contribution in [-0.2, 0) is 13.0 Å². The molecule has 0 fully saturated rings. The maximum absolute atomic E-state index is 12.1. The summed E-state index contributed by atoms with van der Waals surface area (Å²) >= 11 is 0. The predicted molar refractivity (Wildman–Crippen MR) is 68.6 cm³/mol. The number of carboxylic acid groups (broad SMARTS) is 1. The van der Waals surface area contributed by atoms with Gasteiger partial charge in [-0.3, -0.25) is 0 Å². The fraction of sp³-hybridized carbons (Fsp3) is 0.308. The van der Waals surface area contributed by atoms with Crippen molar-refractivity contribution in [3.05, 3.63) is 41.2 Å². The highest BCUT2D eigenvalue weighted by Gasteiger charge is 2.30. The summed E-state index contributed by atoms with van der Waals surface area (Å²) in [4.78, 5) is 11.0. The zero-order chi connectivity index (χ0) is 16.3. The van der Waals surface area contributed by atoms with Gasteiger partial charge in [-0.05, 0) is 24.1 Å². The molecule has 9 heteroatoms. The second-order valence-corrected chi connectivity index (χ2v) is 4.39. The zero-order valence-corrected chi connectivity index (χ0v) is 11.5. The van der Waals surface area contributed by atoms with Crippen LogP contribution in [0, 0.1) is 0 Å². The van der Waals surface area contributed by atoms with Crippen molar-refractivity contribution in [2.24, 2.45) is 0 Å². The number of hydrogen-bond donors (Lipinski definition) is 1. The Bertz CT molecular complexity index is 665. The van der Waals surface area contributed by atoms with Crippen LogP contribution in [0.5, 0.6) is 5.75 Å². The summed E-state index contributed by atoms with van der Waals surface area (Å²) in [6.07, 6.45) is -4.32. The molecule has 0 spiro atoms. The van der Waals surface area contributed by atoms with Gasteiger partial charge in [-0.25, -0.2) is 9.48 Å². The number of benzene rings is 1. The number of nitrogens with zero attached hydrogens (tertiary/aromatic N) is 3. The largest absolute Gasteiger partial charge is 0.573 e. The second kappa shape index (κ2) is 6.04. The molecule has 2 aromatic rings. The van der Waals surface area contributed by atoms with E-state index in [4.69, 9.17) is 5.11 Å². The Balaban J connectivity index is 2.16. The summed E-state index contributed by atoms with van der Waals surface area (Å²) in [5, 5.41) is 16.3. The van der Waals surface area contributed by atoms with Gasteiger partial charge in [-0.2, -0.15) is 0 Å². The molecule has 0 aliphatic heterocycles. The first-order valence-corrected chi connectivity index (χ1v) is 6.30. The minimum absolute atomic E-state index is 0.125. The van der Waals surface area contributed by atoms with Crippen molar-refractivity contribution in [1.82, 2.24) is 15.0 Å². The van der Waals surface area contributed by atoms with E-state index in [1.54, 1.807) is 6.92 Å². The topological polar surface area (TPSA) is 77.2 Å². The molecule has 22 heavy (non-hydrogen) atoms. The highest BCUT2D eigenvalue weighted by Crippen LogP contribution is 2.23. The highest BCUT2D eigenvalue weighted by atomic mass is 19.4. The molecule has 0 atom stereocenters. The molecule has 1 aromatic heterocycles. The number of aromatic carboxylic acids is 1. The van der Waals surface area contributed by atoms with E-state index in [9.17, 15) is 18.0 Å².